The summed E-state index contributed by atoms with van der Waals surface area (Å²) in [6.45, 7) is 1.23. The van der Waals surface area contributed by atoms with Gasteiger partial charge in [-0.15, -0.1) is 0 Å². The summed E-state index contributed by atoms with van der Waals surface area (Å²) in [6, 6.07) is -0.0351. The predicted octanol–water partition coefficient (Wildman–Crippen LogP) is -1.02. The maximum absolute atomic E-state index is 12.5. The zero-order chi connectivity index (χ0) is 28.0. The van der Waals surface area contributed by atoms with Crippen molar-refractivity contribution >= 4 is 34.9 Å². The molecule has 0 spiro atoms. The molecule has 2 aromatic rings. The van der Waals surface area contributed by atoms with E-state index < -0.39 is 30.4 Å². The van der Waals surface area contributed by atoms with Crippen LogP contribution in [0.5, 0.6) is 0 Å². The van der Waals surface area contributed by atoms with Crippen LogP contribution in [-0.2, 0) is 25.5 Å². The van der Waals surface area contributed by atoms with E-state index in [1.807, 2.05) is 0 Å². The number of likely N-dealkylation sites (tertiary alicyclic amines) is 1. The minimum absolute atomic E-state index is 0.0176. The summed E-state index contributed by atoms with van der Waals surface area (Å²) in [5.74, 6) is 0.389. The largest absolute Gasteiger partial charge is 0.447 e. The minimum atomic E-state index is -1.41. The first-order valence-corrected chi connectivity index (χ1v) is 13.8. The lowest BCUT2D eigenvalue weighted by atomic mass is 9.93. The van der Waals surface area contributed by atoms with Gasteiger partial charge >= 0.3 is 6.09 Å². The molecule has 4 aliphatic rings. The summed E-state index contributed by atoms with van der Waals surface area (Å²) in [4.78, 5) is 51.3. The van der Waals surface area contributed by atoms with Crippen molar-refractivity contribution in [3.8, 4) is 0 Å². The average molecular weight is 559 g/mol. The molecule has 216 valence electrons. The molecule has 0 radical (unpaired) electrons. The van der Waals surface area contributed by atoms with E-state index in [0.29, 0.717) is 49.3 Å². The number of imidazole rings is 1. The molecular weight excluding hydrogens is 524 g/mol. The van der Waals surface area contributed by atoms with Crippen molar-refractivity contribution < 1.29 is 34.1 Å². The molecule has 5 atom stereocenters. The Labute approximate surface area is 229 Å². The van der Waals surface area contributed by atoms with Gasteiger partial charge in [0.2, 0.25) is 5.91 Å². The fraction of sp³-hybridized carbons (Fsp3) is 0.680. The molecule has 3 amide bonds. The van der Waals surface area contributed by atoms with Crippen LogP contribution in [0.4, 0.5) is 10.6 Å². The van der Waals surface area contributed by atoms with Crippen LogP contribution in [0, 0.1) is 5.92 Å². The third kappa shape index (κ3) is 5.40. The van der Waals surface area contributed by atoms with E-state index in [1.165, 1.54) is 10.9 Å². The number of aliphatic hydroxyl groups excluding tert-OH is 2. The molecular formula is C25H34N8O7. The smallest absolute Gasteiger partial charge is 0.409 e. The van der Waals surface area contributed by atoms with Crippen molar-refractivity contribution in [3.05, 3.63) is 12.2 Å². The van der Waals surface area contributed by atoms with E-state index >= 15 is 0 Å². The number of rotatable bonds is 7. The first-order valence-electron chi connectivity index (χ1n) is 13.8. The lowest BCUT2D eigenvalue weighted by Gasteiger charge is -2.31. The Bertz CT molecular complexity index is 1290. The molecule has 1 aliphatic carbocycles. The number of ether oxygens (including phenoxy) is 2. The summed E-state index contributed by atoms with van der Waals surface area (Å²) in [5, 5.41) is 26.8. The van der Waals surface area contributed by atoms with Gasteiger partial charge in [-0.1, -0.05) is 0 Å². The van der Waals surface area contributed by atoms with Gasteiger partial charge in [0.1, 0.15) is 30.2 Å². The van der Waals surface area contributed by atoms with Crippen LogP contribution >= 0.6 is 0 Å². The van der Waals surface area contributed by atoms with Gasteiger partial charge in [-0.3, -0.25) is 14.2 Å². The molecule has 6 rings (SSSR count). The van der Waals surface area contributed by atoms with Gasteiger partial charge in [0.15, 0.2) is 23.8 Å². The monoisotopic (exact) mass is 558 g/mol. The number of nitrogens with one attached hydrogen (secondary N) is 2. The highest BCUT2D eigenvalue weighted by atomic mass is 16.6. The first-order chi connectivity index (χ1) is 19.3. The second-order valence-corrected chi connectivity index (χ2v) is 11.1. The van der Waals surface area contributed by atoms with E-state index in [0.717, 1.165) is 25.7 Å². The summed E-state index contributed by atoms with van der Waals surface area (Å²) < 4.78 is 12.7. The zero-order valence-electron chi connectivity index (χ0n) is 21.9. The minimum Gasteiger partial charge on any atom is -0.447 e. The van der Waals surface area contributed by atoms with E-state index in [9.17, 15) is 24.6 Å². The molecule has 0 aromatic carbocycles. The number of piperidine rings is 1. The number of aromatic nitrogens is 4. The molecule has 40 heavy (non-hydrogen) atoms. The summed E-state index contributed by atoms with van der Waals surface area (Å²) in [5.41, 5.74) is 6.85. The summed E-state index contributed by atoms with van der Waals surface area (Å²) in [7, 11) is 0. The molecule has 2 aromatic heterocycles. The van der Waals surface area contributed by atoms with Crippen molar-refractivity contribution in [2.24, 2.45) is 5.92 Å². The van der Waals surface area contributed by atoms with Gasteiger partial charge in [0.25, 0.3) is 5.91 Å². The number of nitrogens with zero attached hydrogens (tertiary/aromatic N) is 5. The van der Waals surface area contributed by atoms with E-state index in [1.54, 1.807) is 4.90 Å². The predicted molar refractivity (Wildman–Crippen MR) is 137 cm³/mol. The van der Waals surface area contributed by atoms with Gasteiger partial charge < -0.3 is 41.0 Å². The molecule has 6 N–H and O–H groups in total. The second kappa shape index (κ2) is 10.8. The zero-order valence-corrected chi connectivity index (χ0v) is 21.9. The first kappa shape index (κ1) is 26.7. The van der Waals surface area contributed by atoms with Crippen molar-refractivity contribution in [2.45, 2.75) is 81.6 Å². The van der Waals surface area contributed by atoms with Crippen LogP contribution in [-0.4, -0.2) is 103 Å². The number of aliphatic hydroxyl groups is 2. The fourth-order valence-corrected chi connectivity index (χ4v) is 5.52. The number of fused-ring (bicyclic) bond motifs is 1. The molecule has 3 unspecified atom stereocenters. The third-order valence-corrected chi connectivity index (χ3v) is 8.03. The fourth-order valence-electron chi connectivity index (χ4n) is 5.52. The molecule has 15 nitrogen and oxygen atoms in total. The topological polar surface area (TPSA) is 207 Å². The van der Waals surface area contributed by atoms with Crippen LogP contribution < -0.4 is 16.4 Å². The quantitative estimate of drug-likeness (QED) is 0.278. The molecule has 4 fully saturated rings. The normalized spacial score (nSPS) is 29.1. The van der Waals surface area contributed by atoms with E-state index in [-0.39, 0.29) is 42.4 Å². The van der Waals surface area contributed by atoms with Crippen molar-refractivity contribution in [2.75, 3.05) is 25.4 Å². The SMILES string of the molecule is Nc1nc(CC2CCN(C(=O)OCC3CCC(=O)N3)CC2)nc2c1ncn2[C@@H]1O[C@H](C(=O)NC2CC2)C(O)C1O. The number of nitrogen functional groups attached to an aromatic ring is 1. The number of hydrogen-bond donors (Lipinski definition) is 5. The highest BCUT2D eigenvalue weighted by Gasteiger charge is 2.48. The Morgan fingerprint density at radius 2 is 1.93 bits per heavy atom. The van der Waals surface area contributed by atoms with Crippen LogP contribution in [0.15, 0.2) is 6.33 Å². The summed E-state index contributed by atoms with van der Waals surface area (Å²) >= 11 is 0. The van der Waals surface area contributed by atoms with Gasteiger partial charge in [-0.05, 0) is 38.0 Å². The van der Waals surface area contributed by atoms with Gasteiger partial charge in [0, 0.05) is 32.0 Å². The van der Waals surface area contributed by atoms with Crippen molar-refractivity contribution in [1.29, 1.82) is 0 Å². The Morgan fingerprint density at radius 3 is 2.62 bits per heavy atom. The highest BCUT2D eigenvalue weighted by Crippen LogP contribution is 2.33. The Morgan fingerprint density at radius 1 is 1.15 bits per heavy atom. The number of nitrogens with two attached hydrogens (primary N) is 1. The van der Waals surface area contributed by atoms with Crippen LogP contribution in [0.2, 0.25) is 0 Å². The summed E-state index contributed by atoms with van der Waals surface area (Å²) in [6.07, 6.45) is 0.815. The highest BCUT2D eigenvalue weighted by molar-refractivity contribution is 5.83. The molecule has 15 heteroatoms. The molecule has 3 aliphatic heterocycles. The lowest BCUT2D eigenvalue weighted by molar-refractivity contribution is -0.137. The number of amides is 3. The Kier molecular flexibility index (Phi) is 7.18. The lowest BCUT2D eigenvalue weighted by Crippen LogP contribution is -2.43. The molecule has 0 bridgehead atoms. The van der Waals surface area contributed by atoms with Gasteiger partial charge in [0.05, 0.1) is 12.4 Å². The number of carbonyl (C=O) groups is 3. The van der Waals surface area contributed by atoms with Gasteiger partial charge in [-0.25, -0.2) is 19.7 Å². The van der Waals surface area contributed by atoms with Crippen molar-refractivity contribution in [3.63, 3.8) is 0 Å². The van der Waals surface area contributed by atoms with Crippen LogP contribution in [0.1, 0.15) is 50.6 Å². The molecule has 5 heterocycles. The van der Waals surface area contributed by atoms with Crippen LogP contribution in [0.3, 0.4) is 0 Å². The van der Waals surface area contributed by atoms with Crippen molar-refractivity contribution in [1.82, 2.24) is 35.1 Å². The number of anilines is 1. The van der Waals surface area contributed by atoms with Gasteiger partial charge in [-0.2, -0.15) is 0 Å². The Balaban J connectivity index is 1.08. The third-order valence-electron chi connectivity index (χ3n) is 8.03. The standard InChI is InChI=1S/C25H34N8O7/c26-21-17-22(33(11-27-17)24-19(36)18(35)20(40-24)23(37)29-13-1-2-13)31-15(30-21)9-12-5-7-32(8-6-12)25(38)39-10-14-3-4-16(34)28-14/h11-14,18-20,24,35-36H,1-10H2,(H,28,34)(H,29,37)(H2,26,30,31)/t14?,18?,19?,20-,24+/m0/s1. The number of hydrogen-bond acceptors (Lipinski definition) is 11. The second-order valence-electron chi connectivity index (χ2n) is 11.1. The molecule has 3 saturated heterocycles. The van der Waals surface area contributed by atoms with E-state index in [2.05, 4.69) is 25.6 Å². The maximum Gasteiger partial charge on any atom is 0.409 e. The molecule has 1 saturated carbocycles. The Hall–Kier alpha value is -3.56. The maximum atomic E-state index is 12.5. The van der Waals surface area contributed by atoms with Crippen LogP contribution in [0.25, 0.3) is 11.2 Å². The van der Waals surface area contributed by atoms with E-state index in [4.69, 9.17) is 15.2 Å². The number of carbonyl (C=O) groups excluding carboxylic acids is 3. The average Bonchev–Trinajstić information content (AvgIpc) is 3.35.